The van der Waals surface area contributed by atoms with E-state index in [1.165, 1.54) is 12.8 Å². The molecule has 3 heteroatoms. The molecule has 2 rings (SSSR count). The number of furan rings is 1. The molecule has 1 saturated heterocycles. The number of aryl methyl sites for hydroxylation is 1. The molecule has 0 aromatic carbocycles. The van der Waals surface area contributed by atoms with Crippen LogP contribution in [0.1, 0.15) is 50.2 Å². The van der Waals surface area contributed by atoms with Gasteiger partial charge in [0.1, 0.15) is 11.5 Å². The van der Waals surface area contributed by atoms with E-state index in [1.807, 2.05) is 6.92 Å². The first kappa shape index (κ1) is 13.6. The van der Waals surface area contributed by atoms with Crippen molar-refractivity contribution in [1.29, 1.82) is 0 Å². The molecule has 1 aromatic rings. The Balaban J connectivity index is 1.95. The zero-order chi connectivity index (χ0) is 12.8. The minimum Gasteiger partial charge on any atom is -0.465 e. The number of nitrogens with one attached hydrogen (secondary N) is 1. The van der Waals surface area contributed by atoms with Gasteiger partial charge in [0.2, 0.25) is 0 Å². The van der Waals surface area contributed by atoms with Crippen LogP contribution in [-0.4, -0.2) is 19.8 Å². The van der Waals surface area contributed by atoms with E-state index in [0.29, 0.717) is 6.04 Å². The molecule has 18 heavy (non-hydrogen) atoms. The van der Waals surface area contributed by atoms with Crippen LogP contribution in [0.4, 0.5) is 0 Å². The van der Waals surface area contributed by atoms with Crippen molar-refractivity contribution in [2.75, 3.05) is 19.8 Å². The minimum absolute atomic E-state index is 0.363. The third-order valence-corrected chi connectivity index (χ3v) is 3.66. The molecular weight excluding hydrogens is 226 g/mol. The van der Waals surface area contributed by atoms with E-state index >= 15 is 0 Å². The Kier molecular flexibility index (Phi) is 5.26. The summed E-state index contributed by atoms with van der Waals surface area (Å²) in [4.78, 5) is 0. The van der Waals surface area contributed by atoms with E-state index in [4.69, 9.17) is 9.15 Å². The molecule has 0 bridgehead atoms. The normalized spacial score (nSPS) is 19.0. The van der Waals surface area contributed by atoms with Gasteiger partial charge in [-0.1, -0.05) is 6.92 Å². The second-order valence-electron chi connectivity index (χ2n) is 5.25. The molecule has 0 radical (unpaired) electrons. The molecule has 1 aliphatic rings. The second-order valence-corrected chi connectivity index (χ2v) is 5.25. The Labute approximate surface area is 110 Å². The monoisotopic (exact) mass is 251 g/mol. The number of hydrogen-bond acceptors (Lipinski definition) is 3. The van der Waals surface area contributed by atoms with Gasteiger partial charge in [0.05, 0.1) is 6.04 Å². The standard InChI is InChI=1S/C15H25NO2/c1-3-8-16-14(15-5-4-12(2)18-15)11-13-6-9-17-10-7-13/h4-5,13-14,16H,3,6-11H2,1-2H3. The molecule has 1 fully saturated rings. The maximum absolute atomic E-state index is 5.79. The summed E-state index contributed by atoms with van der Waals surface area (Å²) < 4.78 is 11.2. The van der Waals surface area contributed by atoms with Crippen LogP contribution in [0.2, 0.25) is 0 Å². The maximum Gasteiger partial charge on any atom is 0.121 e. The lowest BCUT2D eigenvalue weighted by Gasteiger charge is -2.26. The molecule has 1 unspecified atom stereocenters. The average molecular weight is 251 g/mol. The van der Waals surface area contributed by atoms with E-state index in [2.05, 4.69) is 24.4 Å². The van der Waals surface area contributed by atoms with E-state index in [1.54, 1.807) is 0 Å². The first-order chi connectivity index (χ1) is 8.79. The van der Waals surface area contributed by atoms with E-state index in [9.17, 15) is 0 Å². The molecule has 0 saturated carbocycles. The van der Waals surface area contributed by atoms with Gasteiger partial charge in [-0.05, 0) is 57.2 Å². The Morgan fingerprint density at radius 1 is 1.33 bits per heavy atom. The molecule has 3 nitrogen and oxygen atoms in total. The highest BCUT2D eigenvalue weighted by Crippen LogP contribution is 2.28. The Bertz CT molecular complexity index is 342. The maximum atomic E-state index is 5.79. The van der Waals surface area contributed by atoms with Crippen LogP contribution in [0, 0.1) is 12.8 Å². The largest absolute Gasteiger partial charge is 0.465 e. The second kappa shape index (κ2) is 6.95. The predicted octanol–water partition coefficient (Wildman–Crippen LogP) is 3.45. The molecule has 0 aliphatic carbocycles. The van der Waals surface area contributed by atoms with Crippen LogP contribution in [0.15, 0.2) is 16.5 Å². The molecule has 1 N–H and O–H groups in total. The molecule has 0 spiro atoms. The lowest BCUT2D eigenvalue weighted by Crippen LogP contribution is -2.26. The molecule has 1 aromatic heterocycles. The van der Waals surface area contributed by atoms with Crippen LogP contribution in [-0.2, 0) is 4.74 Å². The summed E-state index contributed by atoms with van der Waals surface area (Å²) in [5.41, 5.74) is 0. The van der Waals surface area contributed by atoms with Crippen LogP contribution >= 0.6 is 0 Å². The summed E-state index contributed by atoms with van der Waals surface area (Å²) >= 11 is 0. The van der Waals surface area contributed by atoms with Gasteiger partial charge in [0.15, 0.2) is 0 Å². The van der Waals surface area contributed by atoms with Gasteiger partial charge in [-0.15, -0.1) is 0 Å². The van der Waals surface area contributed by atoms with Gasteiger partial charge in [0, 0.05) is 13.2 Å². The molecule has 0 amide bonds. The quantitative estimate of drug-likeness (QED) is 0.841. The highest BCUT2D eigenvalue weighted by molar-refractivity contribution is 5.10. The van der Waals surface area contributed by atoms with Crippen LogP contribution in [0.3, 0.4) is 0 Å². The van der Waals surface area contributed by atoms with Gasteiger partial charge in [-0.3, -0.25) is 0 Å². The fourth-order valence-corrected chi connectivity index (χ4v) is 2.57. The highest BCUT2D eigenvalue weighted by Gasteiger charge is 2.22. The number of hydrogen-bond donors (Lipinski definition) is 1. The molecular formula is C15H25NO2. The Hall–Kier alpha value is -0.800. The fourth-order valence-electron chi connectivity index (χ4n) is 2.57. The molecule has 1 aliphatic heterocycles. The van der Waals surface area contributed by atoms with Crippen LogP contribution in [0.25, 0.3) is 0 Å². The minimum atomic E-state index is 0.363. The van der Waals surface area contributed by atoms with Crippen molar-refractivity contribution in [1.82, 2.24) is 5.32 Å². The van der Waals surface area contributed by atoms with Crippen molar-refractivity contribution >= 4 is 0 Å². The molecule has 1 atom stereocenters. The smallest absolute Gasteiger partial charge is 0.121 e. The van der Waals surface area contributed by atoms with E-state index in [-0.39, 0.29) is 0 Å². The van der Waals surface area contributed by atoms with Gasteiger partial charge in [-0.2, -0.15) is 0 Å². The Morgan fingerprint density at radius 2 is 2.11 bits per heavy atom. The summed E-state index contributed by atoms with van der Waals surface area (Å²) in [5, 5.41) is 3.61. The predicted molar refractivity (Wildman–Crippen MR) is 72.6 cm³/mol. The SMILES string of the molecule is CCCNC(CC1CCOCC1)c1ccc(C)o1. The number of ether oxygens (including phenoxy) is 1. The van der Waals surface area contributed by atoms with Crippen molar-refractivity contribution in [3.05, 3.63) is 23.7 Å². The van der Waals surface area contributed by atoms with Crippen molar-refractivity contribution in [2.45, 2.75) is 45.6 Å². The third-order valence-electron chi connectivity index (χ3n) is 3.66. The summed E-state index contributed by atoms with van der Waals surface area (Å²) in [5.74, 6) is 2.85. The summed E-state index contributed by atoms with van der Waals surface area (Å²) in [6.07, 6.45) is 4.69. The lowest BCUT2D eigenvalue weighted by atomic mass is 9.91. The van der Waals surface area contributed by atoms with Crippen molar-refractivity contribution in [3.8, 4) is 0 Å². The summed E-state index contributed by atoms with van der Waals surface area (Å²) in [6.45, 7) is 7.10. The van der Waals surface area contributed by atoms with Gasteiger partial charge in [0.25, 0.3) is 0 Å². The van der Waals surface area contributed by atoms with Crippen molar-refractivity contribution < 1.29 is 9.15 Å². The van der Waals surface area contributed by atoms with Gasteiger partial charge in [-0.25, -0.2) is 0 Å². The topological polar surface area (TPSA) is 34.4 Å². The highest BCUT2D eigenvalue weighted by atomic mass is 16.5. The van der Waals surface area contributed by atoms with E-state index < -0.39 is 0 Å². The summed E-state index contributed by atoms with van der Waals surface area (Å²) in [7, 11) is 0. The molecule has 2 heterocycles. The van der Waals surface area contributed by atoms with Crippen molar-refractivity contribution in [3.63, 3.8) is 0 Å². The fraction of sp³-hybridized carbons (Fsp3) is 0.733. The van der Waals surface area contributed by atoms with E-state index in [0.717, 1.165) is 50.0 Å². The number of rotatable bonds is 6. The lowest BCUT2D eigenvalue weighted by molar-refractivity contribution is 0.0596. The van der Waals surface area contributed by atoms with Crippen LogP contribution < -0.4 is 5.32 Å². The van der Waals surface area contributed by atoms with Crippen LogP contribution in [0.5, 0.6) is 0 Å². The third kappa shape index (κ3) is 3.85. The average Bonchev–Trinajstić information content (AvgIpc) is 2.82. The zero-order valence-electron chi connectivity index (χ0n) is 11.6. The first-order valence-corrected chi connectivity index (χ1v) is 7.17. The summed E-state index contributed by atoms with van der Waals surface area (Å²) in [6, 6.07) is 4.53. The van der Waals surface area contributed by atoms with Crippen molar-refractivity contribution in [2.24, 2.45) is 5.92 Å². The zero-order valence-corrected chi connectivity index (χ0v) is 11.6. The first-order valence-electron chi connectivity index (χ1n) is 7.17. The van der Waals surface area contributed by atoms with Gasteiger partial charge < -0.3 is 14.5 Å². The van der Waals surface area contributed by atoms with Gasteiger partial charge >= 0.3 is 0 Å². The Morgan fingerprint density at radius 3 is 2.72 bits per heavy atom. The molecule has 102 valence electrons.